The minimum Gasteiger partial charge on any atom is -0.481 e. The molecule has 5 rings (SSSR count). The van der Waals surface area contributed by atoms with Crippen molar-refractivity contribution in [1.82, 2.24) is 20.9 Å². The van der Waals surface area contributed by atoms with Gasteiger partial charge in [0.25, 0.3) is 0 Å². The summed E-state index contributed by atoms with van der Waals surface area (Å²) in [7, 11) is 3.01. The van der Waals surface area contributed by atoms with Crippen LogP contribution in [0.1, 0.15) is 162 Å². The SMILES string of the molecule is CCC(=O)NCCOCCC(=O)CC(CCCCCC(=O)C1CCC(CNC(=O)C(CC(=O)O)SCCC(=O)N(C)[C@@H](C)C(=O)O[C@H]2CC(=O)N(C)c3cc(cc(C)c3Cl)C/C(C)=C/C=C/[C@H](C)[C@@]3(O)CC(OC(=O)N3)[C@@H](C)[C@@H]3O[C@@]23C)CC1)C(C)=O. The first-order valence-corrected chi connectivity index (χ1v) is 32.2. The molecule has 5 N–H and O–H groups in total. The van der Waals surface area contributed by atoms with E-state index in [0.29, 0.717) is 88.2 Å². The summed E-state index contributed by atoms with van der Waals surface area (Å²) in [5.41, 5.74) is 0.0887. The first-order chi connectivity index (χ1) is 41.1. The third-order valence-electron chi connectivity index (χ3n) is 17.8. The predicted octanol–water partition coefficient (Wildman–Crippen LogP) is 7.94. The van der Waals surface area contributed by atoms with Crippen LogP contribution in [0.15, 0.2) is 35.9 Å². The molecule has 1 aromatic rings. The Bertz CT molecular complexity index is 2700. The number of benzene rings is 1. The number of carboxylic acid groups (broad SMARTS) is 1. The highest BCUT2D eigenvalue weighted by molar-refractivity contribution is 8.00. The number of rotatable bonds is 29. The number of nitrogens with zero attached hydrogens (tertiary/aromatic N) is 2. The Labute approximate surface area is 521 Å². The molecule has 1 saturated carbocycles. The van der Waals surface area contributed by atoms with Crippen LogP contribution in [0.3, 0.4) is 0 Å². The number of aliphatic carboxylic acids is 1. The Hall–Kier alpha value is -5.68. The number of ketones is 3. The van der Waals surface area contributed by atoms with E-state index in [0.717, 1.165) is 41.3 Å². The largest absolute Gasteiger partial charge is 0.481 e. The van der Waals surface area contributed by atoms with Gasteiger partial charge in [0, 0.05) is 95.1 Å². The number of hydrogen-bond acceptors (Lipinski definition) is 16. The Kier molecular flexibility index (Phi) is 28.0. The monoisotopic (exact) mass is 1260 g/mol. The summed E-state index contributed by atoms with van der Waals surface area (Å²) >= 11 is 7.86. The zero-order valence-corrected chi connectivity index (χ0v) is 54.1. The number of alkyl carbamates (subject to hydrolysis) is 1. The predicted molar refractivity (Wildman–Crippen MR) is 330 cm³/mol. The first kappa shape index (κ1) is 72.1. The number of anilines is 1. The number of carbonyl (C=O) groups is 10. The molecule has 0 radical (unpaired) electrons. The quantitative estimate of drug-likeness (QED) is 0.0289. The number of aryl methyl sites for hydroxylation is 1. The van der Waals surface area contributed by atoms with Crippen LogP contribution in [0, 0.1) is 36.5 Å². The molecule has 4 bridgehead atoms. The van der Waals surface area contributed by atoms with Crippen LogP contribution in [0.25, 0.3) is 0 Å². The Morgan fingerprint density at radius 2 is 1.69 bits per heavy atom. The molecule has 21 nitrogen and oxygen atoms in total. The third kappa shape index (κ3) is 21.5. The number of amides is 5. The molecule has 0 spiro atoms. The molecule has 3 unspecified atom stereocenters. The molecule has 0 aromatic heterocycles. The van der Waals surface area contributed by atoms with Crippen molar-refractivity contribution in [3.05, 3.63) is 52.1 Å². The van der Waals surface area contributed by atoms with Gasteiger partial charge >= 0.3 is 18.0 Å². The van der Waals surface area contributed by atoms with Gasteiger partial charge in [0.05, 0.1) is 48.1 Å². The number of allylic oxidation sites excluding steroid dienone is 3. The number of esters is 1. The van der Waals surface area contributed by atoms with Gasteiger partial charge < -0.3 is 49.6 Å². The molecule has 3 aliphatic heterocycles. The van der Waals surface area contributed by atoms with Crippen molar-refractivity contribution in [3.63, 3.8) is 0 Å². The minimum atomic E-state index is -1.67. The smallest absolute Gasteiger partial charge is 0.409 e. The van der Waals surface area contributed by atoms with E-state index in [4.69, 9.17) is 30.5 Å². The molecule has 3 fully saturated rings. The van der Waals surface area contributed by atoms with Crippen molar-refractivity contribution >= 4 is 88.1 Å². The summed E-state index contributed by atoms with van der Waals surface area (Å²) in [5.74, 6) is -4.82. The van der Waals surface area contributed by atoms with Crippen LogP contribution >= 0.6 is 23.4 Å². The average Bonchev–Trinajstić information content (AvgIpc) is 1.82. The van der Waals surface area contributed by atoms with Crippen molar-refractivity contribution in [2.75, 3.05) is 51.1 Å². The van der Waals surface area contributed by atoms with Gasteiger partial charge in [-0.2, -0.15) is 0 Å². The van der Waals surface area contributed by atoms with Crippen molar-refractivity contribution in [3.8, 4) is 0 Å². The summed E-state index contributed by atoms with van der Waals surface area (Å²) in [6.07, 6.45) is 8.14. The highest BCUT2D eigenvalue weighted by atomic mass is 35.5. The normalized spacial score (nSPS) is 26.9. The number of aliphatic hydroxyl groups is 1. The van der Waals surface area contributed by atoms with Crippen molar-refractivity contribution in [2.45, 2.75) is 205 Å². The number of carboxylic acids is 1. The number of hydrogen-bond donors (Lipinski definition) is 5. The standard InChI is InChI=1S/C64H94ClN5O16S/c1-11-54(74)66-26-28-83-27-24-48(72)33-47(43(7)71)18-13-12-14-19-50(73)46-22-20-44(21-23-46)37-67-60(79)52(34-57(77)78)87-29-25-55(75)69(9)42(6)61(80)85-53-35-56(76)70(10)49-32-45(31-39(3)58(49)65)30-38(2)16-15-17-40(4)64(82)36-51(84-62(81)68-64)41(5)59-63(53,8)86-59/h15-17,31-32,40-42,44,46-47,51-53,59,82H,11-14,18-30,33-37H2,1-10H3,(H,66,74)(H,67,79)(H,68,81)(H,77,78)/b17-15+,38-16+/t40-,41+,42-,44?,46?,47?,51?,52?,53-,59-,63-,64-/m0/s1. The number of nitrogens with one attached hydrogen (secondary N) is 3. The zero-order valence-electron chi connectivity index (χ0n) is 52.5. The van der Waals surface area contributed by atoms with Gasteiger partial charge in [-0.25, -0.2) is 9.59 Å². The fourth-order valence-electron chi connectivity index (χ4n) is 11.6. The van der Waals surface area contributed by atoms with Crippen LogP contribution in [0.5, 0.6) is 0 Å². The summed E-state index contributed by atoms with van der Waals surface area (Å²) < 4.78 is 23.7. The molecule has 23 heteroatoms. The second kappa shape index (κ2) is 33.8. The molecule has 2 saturated heterocycles. The molecule has 1 aromatic carbocycles. The Morgan fingerprint density at radius 1 is 0.977 bits per heavy atom. The minimum absolute atomic E-state index is 0.00415. The van der Waals surface area contributed by atoms with Crippen LogP contribution in [0.4, 0.5) is 10.5 Å². The molecule has 4 aliphatic rings. The Morgan fingerprint density at radius 3 is 2.37 bits per heavy atom. The Balaban J connectivity index is 1.10. The second-order valence-electron chi connectivity index (χ2n) is 24.5. The summed E-state index contributed by atoms with van der Waals surface area (Å²) in [6, 6.07) is 2.60. The maximum absolute atomic E-state index is 14.4. The van der Waals surface area contributed by atoms with Crippen LogP contribution in [-0.4, -0.2) is 161 Å². The fraction of sp³-hybridized carbons (Fsp3) is 0.688. The summed E-state index contributed by atoms with van der Waals surface area (Å²) in [6.45, 7) is 15.0. The van der Waals surface area contributed by atoms with Crippen LogP contribution in [0.2, 0.25) is 5.02 Å². The number of thioether (sulfide) groups is 1. The van der Waals surface area contributed by atoms with E-state index in [1.54, 1.807) is 40.8 Å². The van der Waals surface area contributed by atoms with Gasteiger partial charge in [0.2, 0.25) is 23.6 Å². The van der Waals surface area contributed by atoms with E-state index >= 15 is 0 Å². The number of unbranched alkanes of at least 4 members (excludes halogenated alkanes) is 2. The number of ether oxygens (including phenoxy) is 4. The molecule has 1 aliphatic carbocycles. The van der Waals surface area contributed by atoms with Crippen molar-refractivity contribution in [1.29, 1.82) is 0 Å². The average molecular weight is 1260 g/mol. The lowest BCUT2D eigenvalue weighted by atomic mass is 9.79. The van der Waals surface area contributed by atoms with Gasteiger partial charge in [-0.05, 0) is 103 Å². The van der Waals surface area contributed by atoms with Crippen LogP contribution < -0.4 is 20.9 Å². The van der Waals surface area contributed by atoms with E-state index in [-0.39, 0.29) is 85.5 Å². The summed E-state index contributed by atoms with van der Waals surface area (Å²) in [4.78, 5) is 133. The number of fused-ring (bicyclic) bond motifs is 5. The van der Waals surface area contributed by atoms with Crippen molar-refractivity contribution < 1.29 is 77.1 Å². The number of likely N-dealkylation sites (N-methyl/N-ethyl adjacent to an activating group) is 1. The lowest BCUT2D eigenvalue weighted by Gasteiger charge is -2.41. The van der Waals surface area contributed by atoms with E-state index < -0.39 is 94.9 Å². The molecule has 3 heterocycles. The van der Waals surface area contributed by atoms with Gasteiger partial charge in [-0.3, -0.25) is 43.7 Å². The van der Waals surface area contributed by atoms with Gasteiger partial charge in [0.1, 0.15) is 46.9 Å². The number of epoxide rings is 1. The number of carbonyl (C=O) groups excluding carboxylic acids is 9. The molecule has 484 valence electrons. The fourth-order valence-corrected chi connectivity index (χ4v) is 12.9. The lowest BCUT2D eigenvalue weighted by molar-refractivity contribution is -0.162. The van der Waals surface area contributed by atoms with E-state index in [1.165, 1.54) is 30.7 Å². The van der Waals surface area contributed by atoms with Gasteiger partial charge in [0.15, 0.2) is 0 Å². The first-order valence-electron chi connectivity index (χ1n) is 30.8. The van der Waals surface area contributed by atoms with Crippen LogP contribution in [-0.2, 0) is 68.5 Å². The number of halogens is 1. The lowest BCUT2D eigenvalue weighted by Crippen LogP contribution is -2.60. The molecule has 87 heavy (non-hydrogen) atoms. The molecule has 10 atom stereocenters. The number of Topliss-reactive ketones (excluding diaryl/α,β-unsaturated/α-hetero) is 3. The van der Waals surface area contributed by atoms with E-state index in [2.05, 4.69) is 16.0 Å². The topological polar surface area (TPSA) is 294 Å². The second-order valence-corrected chi connectivity index (χ2v) is 26.2. The molecular formula is C64H94ClN5O16S. The molecule has 5 amide bonds. The zero-order chi connectivity index (χ0) is 64.3. The van der Waals surface area contributed by atoms with E-state index in [9.17, 15) is 58.2 Å². The van der Waals surface area contributed by atoms with Gasteiger partial charge in [-0.15, -0.1) is 11.8 Å². The highest BCUT2D eigenvalue weighted by Crippen LogP contribution is 2.49. The maximum Gasteiger partial charge on any atom is 0.409 e. The van der Waals surface area contributed by atoms with Crippen molar-refractivity contribution in [2.24, 2.45) is 29.6 Å². The summed E-state index contributed by atoms with van der Waals surface area (Å²) in [5, 5.41) is 29.1. The third-order valence-corrected chi connectivity index (χ3v) is 19.5. The van der Waals surface area contributed by atoms with E-state index in [1.807, 2.05) is 38.1 Å². The maximum atomic E-state index is 14.4. The molecular weight excluding hydrogens is 1160 g/mol. The highest BCUT2D eigenvalue weighted by Gasteiger charge is 2.64. The van der Waals surface area contributed by atoms with Gasteiger partial charge in [-0.1, -0.05) is 75.1 Å².